The first-order valence-corrected chi connectivity index (χ1v) is 7.64. The molecule has 0 spiro atoms. The molecule has 120 valence electrons. The molecular weight excluding hydrogens is 342 g/mol. The Kier molecular flexibility index (Phi) is 5.67. The molecule has 1 heterocycles. The molecule has 0 saturated carbocycles. The maximum Gasteiger partial charge on any atom is 0.324 e. The number of nitrogens with zero attached hydrogens (tertiary/aromatic N) is 2. The van der Waals surface area contributed by atoms with Crippen LogP contribution in [0, 0.1) is 10.1 Å². The molecule has 1 aromatic heterocycles. The van der Waals surface area contributed by atoms with Gasteiger partial charge in [0, 0.05) is 11.1 Å². The Balaban J connectivity index is 1.86. The number of thiophene rings is 1. The second-order valence-electron chi connectivity index (χ2n) is 4.38. The third kappa shape index (κ3) is 5.04. The van der Waals surface area contributed by atoms with E-state index in [2.05, 4.69) is 10.5 Å². The second kappa shape index (κ2) is 7.70. The fourth-order valence-corrected chi connectivity index (χ4v) is 2.35. The molecule has 0 radical (unpaired) electrons. The van der Waals surface area contributed by atoms with Gasteiger partial charge in [-0.05, 0) is 37.3 Å². The van der Waals surface area contributed by atoms with Gasteiger partial charge in [-0.15, -0.1) is 0 Å². The topological polar surface area (TPSA) is 93.8 Å². The third-order valence-electron chi connectivity index (χ3n) is 2.65. The number of amides is 1. The predicted molar refractivity (Wildman–Crippen MR) is 88.3 cm³/mol. The normalized spacial score (nSPS) is 12.1. The average Bonchev–Trinajstić information content (AvgIpc) is 2.98. The van der Waals surface area contributed by atoms with Crippen molar-refractivity contribution in [3.8, 4) is 5.75 Å². The van der Waals surface area contributed by atoms with Gasteiger partial charge >= 0.3 is 5.00 Å². The number of rotatable bonds is 6. The largest absolute Gasteiger partial charge is 0.481 e. The highest BCUT2D eigenvalue weighted by atomic mass is 35.5. The Bertz CT molecular complexity index is 730. The Morgan fingerprint density at radius 3 is 2.70 bits per heavy atom. The maximum absolute atomic E-state index is 11.8. The molecule has 23 heavy (non-hydrogen) atoms. The molecule has 9 heteroatoms. The standard InChI is InChI=1S/C14H12ClN3O4S/c1-9(22-11-4-2-10(15)3-5-11)14(19)17-16-8-12-6-7-13(23-12)18(20)21/h2-9H,1H3,(H,17,19)/b16-8-/t9-/m0/s1. The maximum atomic E-state index is 11.8. The van der Waals surface area contributed by atoms with Crippen molar-refractivity contribution in [2.24, 2.45) is 5.10 Å². The van der Waals surface area contributed by atoms with Crippen molar-refractivity contribution in [1.82, 2.24) is 5.43 Å². The van der Waals surface area contributed by atoms with Gasteiger partial charge in [0.2, 0.25) is 0 Å². The minimum atomic E-state index is -0.758. The smallest absolute Gasteiger partial charge is 0.324 e. The number of hydrogen-bond donors (Lipinski definition) is 1. The lowest BCUT2D eigenvalue weighted by Crippen LogP contribution is -2.33. The molecule has 0 unspecified atom stereocenters. The summed E-state index contributed by atoms with van der Waals surface area (Å²) in [5.74, 6) is 0.0668. The summed E-state index contributed by atoms with van der Waals surface area (Å²) in [6, 6.07) is 9.54. The van der Waals surface area contributed by atoms with Crippen LogP contribution in [-0.2, 0) is 4.79 Å². The molecule has 1 aromatic carbocycles. The summed E-state index contributed by atoms with van der Waals surface area (Å²) in [6.45, 7) is 1.58. The summed E-state index contributed by atoms with van der Waals surface area (Å²) in [7, 11) is 0. The van der Waals surface area contributed by atoms with Crippen molar-refractivity contribution in [1.29, 1.82) is 0 Å². The Morgan fingerprint density at radius 2 is 2.09 bits per heavy atom. The van der Waals surface area contributed by atoms with Crippen LogP contribution in [0.15, 0.2) is 41.5 Å². The van der Waals surface area contributed by atoms with Gasteiger partial charge in [-0.1, -0.05) is 22.9 Å². The van der Waals surface area contributed by atoms with Gasteiger partial charge in [-0.25, -0.2) is 5.43 Å². The summed E-state index contributed by atoms with van der Waals surface area (Å²) >= 11 is 6.73. The fourth-order valence-electron chi connectivity index (χ4n) is 1.53. The first-order chi connectivity index (χ1) is 11.0. The molecule has 0 fully saturated rings. The lowest BCUT2D eigenvalue weighted by Gasteiger charge is -2.12. The molecule has 7 nitrogen and oxygen atoms in total. The second-order valence-corrected chi connectivity index (χ2v) is 5.91. The van der Waals surface area contributed by atoms with Gasteiger partial charge in [-0.3, -0.25) is 14.9 Å². The van der Waals surface area contributed by atoms with Crippen molar-refractivity contribution in [2.45, 2.75) is 13.0 Å². The van der Waals surface area contributed by atoms with Gasteiger partial charge in [0.1, 0.15) is 5.75 Å². The van der Waals surface area contributed by atoms with Crippen LogP contribution < -0.4 is 10.2 Å². The number of carbonyl (C=O) groups is 1. The molecule has 0 aliphatic rings. The van der Waals surface area contributed by atoms with Gasteiger partial charge < -0.3 is 4.74 Å². The zero-order valence-corrected chi connectivity index (χ0v) is 13.5. The van der Waals surface area contributed by atoms with E-state index in [0.29, 0.717) is 15.6 Å². The summed E-state index contributed by atoms with van der Waals surface area (Å²) in [5.41, 5.74) is 2.32. The molecule has 0 bridgehead atoms. The molecule has 1 N–H and O–H groups in total. The van der Waals surface area contributed by atoms with Crippen molar-refractivity contribution in [3.63, 3.8) is 0 Å². The van der Waals surface area contributed by atoms with Crippen LogP contribution in [0.1, 0.15) is 11.8 Å². The zero-order chi connectivity index (χ0) is 16.8. The number of ether oxygens (including phenoxy) is 1. The molecule has 2 aromatic rings. The zero-order valence-electron chi connectivity index (χ0n) is 11.9. The molecule has 1 amide bonds. The summed E-state index contributed by atoms with van der Waals surface area (Å²) < 4.78 is 5.44. The number of nitro groups is 1. The fraction of sp³-hybridized carbons (Fsp3) is 0.143. The first-order valence-electron chi connectivity index (χ1n) is 6.45. The number of hydrogen-bond acceptors (Lipinski definition) is 6. The average molecular weight is 354 g/mol. The lowest BCUT2D eigenvalue weighted by atomic mass is 10.3. The van der Waals surface area contributed by atoms with Crippen LogP contribution in [0.3, 0.4) is 0 Å². The number of benzene rings is 1. The molecule has 0 aliphatic heterocycles. The SMILES string of the molecule is C[C@H](Oc1ccc(Cl)cc1)C(=O)N/N=C\c1ccc([N+](=O)[O-])s1. The van der Waals surface area contributed by atoms with Crippen LogP contribution >= 0.6 is 22.9 Å². The molecular formula is C14H12ClN3O4S. The van der Waals surface area contributed by atoms with Crippen LogP contribution in [0.4, 0.5) is 5.00 Å². The van der Waals surface area contributed by atoms with Gasteiger partial charge in [0.15, 0.2) is 6.10 Å². The van der Waals surface area contributed by atoms with E-state index in [-0.39, 0.29) is 5.00 Å². The Morgan fingerprint density at radius 1 is 1.39 bits per heavy atom. The van der Waals surface area contributed by atoms with Gasteiger partial charge in [0.05, 0.1) is 16.0 Å². The highest BCUT2D eigenvalue weighted by molar-refractivity contribution is 7.16. The number of hydrazone groups is 1. The third-order valence-corrected chi connectivity index (χ3v) is 3.88. The highest BCUT2D eigenvalue weighted by Crippen LogP contribution is 2.22. The monoisotopic (exact) mass is 353 g/mol. The van der Waals surface area contributed by atoms with Crippen molar-refractivity contribution < 1.29 is 14.5 Å². The van der Waals surface area contributed by atoms with Crippen molar-refractivity contribution in [3.05, 3.63) is 56.4 Å². The van der Waals surface area contributed by atoms with E-state index >= 15 is 0 Å². The van der Waals surface area contributed by atoms with Gasteiger partial charge in [-0.2, -0.15) is 5.10 Å². The predicted octanol–water partition coefficient (Wildman–Crippen LogP) is 3.23. The summed E-state index contributed by atoms with van der Waals surface area (Å²) in [4.78, 5) is 22.5. The van der Waals surface area contributed by atoms with E-state index in [1.54, 1.807) is 37.3 Å². The molecule has 0 saturated heterocycles. The van der Waals surface area contributed by atoms with Crippen LogP contribution in [-0.4, -0.2) is 23.1 Å². The Labute approximate surface area is 140 Å². The van der Waals surface area contributed by atoms with Crippen LogP contribution in [0.5, 0.6) is 5.75 Å². The Hall–Kier alpha value is -2.45. The molecule has 2 rings (SSSR count). The molecule has 0 aliphatic carbocycles. The van der Waals surface area contributed by atoms with Crippen molar-refractivity contribution >= 4 is 40.1 Å². The van der Waals surface area contributed by atoms with Crippen molar-refractivity contribution in [2.75, 3.05) is 0 Å². The molecule has 1 atom stereocenters. The number of halogens is 1. The van der Waals surface area contributed by atoms with E-state index in [0.717, 1.165) is 11.3 Å². The minimum Gasteiger partial charge on any atom is -0.481 e. The van der Waals surface area contributed by atoms with E-state index in [1.807, 2.05) is 0 Å². The van der Waals surface area contributed by atoms with E-state index in [9.17, 15) is 14.9 Å². The summed E-state index contributed by atoms with van der Waals surface area (Å²) in [6.07, 6.45) is 0.580. The quantitative estimate of drug-likeness (QED) is 0.490. The number of nitrogens with one attached hydrogen (secondary N) is 1. The van der Waals surface area contributed by atoms with E-state index in [4.69, 9.17) is 16.3 Å². The minimum absolute atomic E-state index is 0.0113. The lowest BCUT2D eigenvalue weighted by molar-refractivity contribution is -0.380. The first kappa shape index (κ1) is 16.9. The highest BCUT2D eigenvalue weighted by Gasteiger charge is 2.14. The number of carbonyl (C=O) groups excluding carboxylic acids is 1. The van der Waals surface area contributed by atoms with Crippen LogP contribution in [0.25, 0.3) is 0 Å². The van der Waals surface area contributed by atoms with E-state index in [1.165, 1.54) is 12.3 Å². The summed E-state index contributed by atoms with van der Waals surface area (Å²) in [5, 5.41) is 14.9. The van der Waals surface area contributed by atoms with Crippen LogP contribution in [0.2, 0.25) is 5.02 Å². The van der Waals surface area contributed by atoms with Gasteiger partial charge in [0.25, 0.3) is 5.91 Å². The van der Waals surface area contributed by atoms with E-state index < -0.39 is 16.9 Å².